The van der Waals surface area contributed by atoms with Crippen molar-refractivity contribution in [2.24, 2.45) is 0 Å². The fourth-order valence-corrected chi connectivity index (χ4v) is 5.06. The van der Waals surface area contributed by atoms with Gasteiger partial charge in [0.15, 0.2) is 0 Å². The lowest BCUT2D eigenvalue weighted by Gasteiger charge is -2.27. The van der Waals surface area contributed by atoms with Crippen LogP contribution in [0.3, 0.4) is 0 Å². The molecule has 1 aliphatic heterocycles. The van der Waals surface area contributed by atoms with E-state index in [1.165, 1.54) is 22.7 Å². The maximum absolute atomic E-state index is 13.7. The van der Waals surface area contributed by atoms with Crippen LogP contribution in [-0.4, -0.2) is 26.2 Å². The summed E-state index contributed by atoms with van der Waals surface area (Å²) in [7, 11) is 0. The quantitative estimate of drug-likeness (QED) is 0.339. The predicted molar refractivity (Wildman–Crippen MR) is 130 cm³/mol. The SMILES string of the molecule is N#Cc1cc2nc3c4ccc5c6c(ccc(c(=O)n3c2cc1C#N)c64)C(=O)N(c1ccccn1)C5=O. The number of imide groups is 1. The minimum atomic E-state index is -0.529. The second-order valence-electron chi connectivity index (χ2n) is 8.39. The second kappa shape index (κ2) is 6.69. The number of hydrogen-bond acceptors (Lipinski definition) is 7. The number of fused-ring (bicyclic) bond motifs is 4. The van der Waals surface area contributed by atoms with Crippen LogP contribution in [0.4, 0.5) is 5.82 Å². The number of amides is 2. The molecule has 0 atom stereocenters. The Morgan fingerprint density at radius 2 is 1.47 bits per heavy atom. The van der Waals surface area contributed by atoms with Gasteiger partial charge >= 0.3 is 0 Å². The molecule has 0 fully saturated rings. The van der Waals surface area contributed by atoms with Crippen molar-refractivity contribution in [2.45, 2.75) is 0 Å². The van der Waals surface area contributed by atoms with Gasteiger partial charge in [-0.05, 0) is 48.5 Å². The third-order valence-corrected chi connectivity index (χ3v) is 6.62. The number of aromatic nitrogens is 3. The Bertz CT molecular complexity index is 2110. The molecule has 6 aromatic rings. The average molecular weight is 466 g/mol. The molecule has 3 aromatic carbocycles. The van der Waals surface area contributed by atoms with E-state index in [-0.39, 0.29) is 28.1 Å². The van der Waals surface area contributed by atoms with Gasteiger partial charge < -0.3 is 0 Å². The molecule has 0 radical (unpaired) electrons. The zero-order valence-electron chi connectivity index (χ0n) is 18.2. The lowest BCUT2D eigenvalue weighted by molar-refractivity contribution is 0.0892. The first-order valence-corrected chi connectivity index (χ1v) is 10.8. The highest BCUT2D eigenvalue weighted by Gasteiger charge is 2.36. The van der Waals surface area contributed by atoms with Crippen molar-refractivity contribution in [2.75, 3.05) is 4.90 Å². The van der Waals surface area contributed by atoms with Crippen LogP contribution < -0.4 is 10.5 Å². The molecule has 1 aliphatic rings. The van der Waals surface area contributed by atoms with Crippen molar-refractivity contribution >= 4 is 55.9 Å². The van der Waals surface area contributed by atoms with Gasteiger partial charge in [-0.2, -0.15) is 10.5 Å². The fraction of sp³-hybridized carbons (Fsp3) is 0. The molecular formula is C27H10N6O3. The lowest BCUT2D eigenvalue weighted by Crippen LogP contribution is -2.41. The fourth-order valence-electron chi connectivity index (χ4n) is 5.06. The number of rotatable bonds is 1. The van der Waals surface area contributed by atoms with Gasteiger partial charge in [-0.25, -0.2) is 14.9 Å². The summed E-state index contributed by atoms with van der Waals surface area (Å²) in [6.45, 7) is 0. The Morgan fingerprint density at radius 1 is 0.778 bits per heavy atom. The van der Waals surface area contributed by atoms with Crippen molar-refractivity contribution in [1.29, 1.82) is 10.5 Å². The van der Waals surface area contributed by atoms with Crippen molar-refractivity contribution in [1.82, 2.24) is 14.4 Å². The average Bonchev–Trinajstić information content (AvgIpc) is 3.29. The smallest absolute Gasteiger partial charge is 0.267 e. The Hall–Kier alpha value is -5.67. The van der Waals surface area contributed by atoms with Crippen molar-refractivity contribution in [3.8, 4) is 12.1 Å². The molecule has 2 amide bonds. The van der Waals surface area contributed by atoms with Gasteiger partial charge in [0.25, 0.3) is 17.4 Å². The number of anilines is 1. The van der Waals surface area contributed by atoms with Crippen molar-refractivity contribution < 1.29 is 9.59 Å². The summed E-state index contributed by atoms with van der Waals surface area (Å²) in [5, 5.41) is 20.6. The van der Waals surface area contributed by atoms with Gasteiger partial charge in [-0.1, -0.05) is 6.07 Å². The van der Waals surface area contributed by atoms with Gasteiger partial charge in [0.05, 0.1) is 22.2 Å². The van der Waals surface area contributed by atoms with E-state index < -0.39 is 17.4 Å². The van der Waals surface area contributed by atoms with E-state index in [9.17, 15) is 24.9 Å². The lowest BCUT2D eigenvalue weighted by atomic mass is 9.90. The molecule has 0 spiro atoms. The van der Waals surface area contributed by atoms with Crippen LogP contribution in [0.5, 0.6) is 0 Å². The van der Waals surface area contributed by atoms with Crippen LogP contribution in [0.1, 0.15) is 31.8 Å². The topological polar surface area (TPSA) is 132 Å². The number of pyridine rings is 2. The van der Waals surface area contributed by atoms with E-state index in [2.05, 4.69) is 9.97 Å². The summed E-state index contributed by atoms with van der Waals surface area (Å²) < 4.78 is 1.41. The molecule has 0 N–H and O–H groups in total. The molecule has 0 saturated heterocycles. The number of carbonyl (C=O) groups is 2. The van der Waals surface area contributed by atoms with Crippen LogP contribution in [-0.2, 0) is 0 Å². The highest BCUT2D eigenvalue weighted by atomic mass is 16.2. The predicted octanol–water partition coefficient (Wildman–Crippen LogP) is 3.53. The molecule has 3 aromatic heterocycles. The minimum absolute atomic E-state index is 0.141. The molecule has 0 aliphatic carbocycles. The van der Waals surface area contributed by atoms with Crippen LogP contribution in [0, 0.1) is 22.7 Å². The summed E-state index contributed by atoms with van der Waals surface area (Å²) in [4.78, 5) is 50.4. The summed E-state index contributed by atoms with van der Waals surface area (Å²) in [6.07, 6.45) is 1.50. The summed E-state index contributed by atoms with van der Waals surface area (Å²) in [5.74, 6) is -0.844. The van der Waals surface area contributed by atoms with E-state index in [0.29, 0.717) is 38.2 Å². The normalized spacial score (nSPS) is 13.1. The molecule has 7 rings (SSSR count). The van der Waals surface area contributed by atoms with Gasteiger partial charge in [-0.15, -0.1) is 0 Å². The third-order valence-electron chi connectivity index (χ3n) is 6.62. The Balaban J connectivity index is 1.62. The zero-order chi connectivity index (χ0) is 24.7. The molecule has 9 nitrogen and oxygen atoms in total. The van der Waals surface area contributed by atoms with Crippen molar-refractivity contribution in [3.63, 3.8) is 0 Å². The van der Waals surface area contributed by atoms with Gasteiger partial charge in [-0.3, -0.25) is 18.8 Å². The van der Waals surface area contributed by atoms with E-state index in [0.717, 1.165) is 4.90 Å². The van der Waals surface area contributed by atoms with Crippen LogP contribution in [0.2, 0.25) is 0 Å². The van der Waals surface area contributed by atoms with Crippen LogP contribution in [0.15, 0.2) is 65.6 Å². The molecular weight excluding hydrogens is 456 g/mol. The largest absolute Gasteiger partial charge is 0.268 e. The summed E-state index contributed by atoms with van der Waals surface area (Å²) in [6, 6.07) is 18.3. The highest BCUT2D eigenvalue weighted by Crippen LogP contribution is 2.38. The Morgan fingerprint density at radius 3 is 2.14 bits per heavy atom. The molecule has 166 valence electrons. The van der Waals surface area contributed by atoms with Crippen molar-refractivity contribution in [3.05, 3.63) is 93.4 Å². The molecule has 0 saturated carbocycles. The monoisotopic (exact) mass is 466 g/mol. The Labute approximate surface area is 201 Å². The highest BCUT2D eigenvalue weighted by molar-refractivity contribution is 6.38. The summed E-state index contributed by atoms with van der Waals surface area (Å²) in [5.41, 5.74) is 1.58. The first-order chi connectivity index (χ1) is 17.5. The minimum Gasteiger partial charge on any atom is -0.268 e. The molecule has 9 heteroatoms. The van der Waals surface area contributed by atoms with Gasteiger partial charge in [0.1, 0.15) is 23.6 Å². The van der Waals surface area contributed by atoms with E-state index >= 15 is 0 Å². The first kappa shape index (κ1) is 19.8. The first-order valence-electron chi connectivity index (χ1n) is 10.8. The van der Waals surface area contributed by atoms with E-state index in [1.54, 1.807) is 42.5 Å². The number of nitriles is 2. The van der Waals surface area contributed by atoms with Crippen LogP contribution in [0.25, 0.3) is 38.2 Å². The summed E-state index contributed by atoms with van der Waals surface area (Å²) >= 11 is 0. The number of imidazole rings is 1. The third kappa shape index (κ3) is 2.28. The molecule has 4 heterocycles. The maximum Gasteiger partial charge on any atom is 0.267 e. The number of nitrogens with zero attached hydrogens (tertiary/aromatic N) is 6. The standard InChI is InChI=1S/C27H10N6O3/c28-11-13-9-19-20(10-14(13)12-29)32-24(31-19)15-4-5-17-23-18(7-6-16(22(15)23)25(32)34)27(36)33(26(17)35)21-3-1-2-8-30-21/h1-10H. The Kier molecular flexibility index (Phi) is 3.67. The molecule has 0 unspecified atom stereocenters. The second-order valence-corrected chi connectivity index (χ2v) is 8.39. The van der Waals surface area contributed by atoms with E-state index in [1.807, 2.05) is 12.1 Å². The molecule has 36 heavy (non-hydrogen) atoms. The van der Waals surface area contributed by atoms with Crippen LogP contribution >= 0.6 is 0 Å². The zero-order valence-corrected chi connectivity index (χ0v) is 18.2. The number of hydrogen-bond donors (Lipinski definition) is 0. The number of benzene rings is 3. The van der Waals surface area contributed by atoms with Gasteiger partial charge in [0, 0.05) is 38.9 Å². The molecule has 0 bridgehead atoms. The number of carbonyl (C=O) groups excluding carboxylic acids is 2. The van der Waals surface area contributed by atoms with Gasteiger partial charge in [0.2, 0.25) is 0 Å². The van der Waals surface area contributed by atoms with E-state index in [4.69, 9.17) is 0 Å². The maximum atomic E-state index is 13.7.